The molecule has 0 aromatic rings. The molecule has 66 valence electrons. The summed E-state index contributed by atoms with van der Waals surface area (Å²) in [6, 6.07) is 0. The fraction of sp³-hybridized carbons (Fsp3) is 0. The zero-order valence-electron chi connectivity index (χ0n) is 5.44. The Morgan fingerprint density at radius 2 is 0.667 bits per heavy atom. The van der Waals surface area contributed by atoms with Gasteiger partial charge in [-0.05, 0) is 0 Å². The van der Waals surface area contributed by atoms with E-state index in [4.69, 9.17) is 32.1 Å². The number of hydrogen-bond donors (Lipinski definition) is 0. The summed E-state index contributed by atoms with van der Waals surface area (Å²) in [5, 5.41) is 0. The first kappa shape index (κ1) is 24.2. The van der Waals surface area contributed by atoms with E-state index in [9.17, 15) is 0 Å². The Labute approximate surface area is 142 Å². The molecule has 0 fully saturated rings. The van der Waals surface area contributed by atoms with Gasteiger partial charge in [-0.3, -0.25) is 0 Å². The van der Waals surface area contributed by atoms with Crippen LogP contribution in [0.15, 0.2) is 0 Å². The van der Waals surface area contributed by atoms with E-state index < -0.39 is 26.7 Å². The van der Waals surface area contributed by atoms with E-state index in [1.807, 2.05) is 0 Å². The molecule has 12 heteroatoms. The third-order valence-corrected chi connectivity index (χ3v) is 0. The van der Waals surface area contributed by atoms with Crippen molar-refractivity contribution in [2.75, 3.05) is 0 Å². The zero-order valence-corrected chi connectivity index (χ0v) is 14.4. The van der Waals surface area contributed by atoms with Gasteiger partial charge in [-0.1, -0.05) is 0 Å². The summed E-state index contributed by atoms with van der Waals surface area (Å²) in [7, 11) is 0. The molecule has 0 aliphatic heterocycles. The molecule has 0 aromatic heterocycles. The third kappa shape index (κ3) is 216. The van der Waals surface area contributed by atoms with Crippen molar-refractivity contribution >= 4 is 86.6 Å². The molecule has 0 aliphatic rings. The second kappa shape index (κ2) is 10.4. The van der Waals surface area contributed by atoms with Crippen LogP contribution in [0.25, 0.3) is 0 Å². The van der Waals surface area contributed by atoms with E-state index in [2.05, 4.69) is 0 Å². The molecule has 0 rings (SSSR count). The maximum absolute atomic E-state index is 8.58. The predicted molar refractivity (Wildman–Crippen MR) is 14.3 cm³/mol. The molecule has 0 radical (unpaired) electrons. The summed E-state index contributed by atoms with van der Waals surface area (Å²) < 4.78 is 68.6. The summed E-state index contributed by atoms with van der Waals surface area (Å²) in [6.45, 7) is 0. The molecule has 0 aromatic carbocycles. The minimum absolute atomic E-state index is 0. The van der Waals surface area contributed by atoms with Crippen LogP contribution in [0.2, 0.25) is 0 Å². The van der Waals surface area contributed by atoms with Crippen molar-refractivity contribution in [2.24, 2.45) is 0 Å². The Bertz CT molecular complexity index is 213. The first-order valence-electron chi connectivity index (χ1n) is 1.23. The molecule has 8 nitrogen and oxygen atoms in total. The van der Waals surface area contributed by atoms with Crippen LogP contribution in [-0.4, -0.2) is 86.6 Å². The molecule has 0 saturated heterocycles. The van der Waals surface area contributed by atoms with Crippen LogP contribution in [-0.2, 0) is 42.1 Å². The van der Waals surface area contributed by atoms with Crippen molar-refractivity contribution in [3.63, 3.8) is 0 Å². The summed E-state index contributed by atoms with van der Waals surface area (Å²) in [5.74, 6) is 0. The van der Waals surface area contributed by atoms with Crippen LogP contribution in [0.1, 0.15) is 0 Å². The minimum atomic E-state index is -5.62. The van der Waals surface area contributed by atoms with E-state index in [1.165, 1.54) is 0 Å². The second-order valence-corrected chi connectivity index (χ2v) is 3.12. The van der Waals surface area contributed by atoms with Gasteiger partial charge in [-0.2, -0.15) is 0 Å². The van der Waals surface area contributed by atoms with Crippen molar-refractivity contribution in [3.8, 4) is 0 Å². The topological polar surface area (TPSA) is 161 Å². The van der Waals surface area contributed by atoms with Gasteiger partial charge in [0.05, 0.1) is 0 Å². The first-order valence-corrected chi connectivity index (χ1v) is 5.09. The molecule has 0 N–H and O–H groups in total. The van der Waals surface area contributed by atoms with Crippen molar-refractivity contribution in [3.05, 3.63) is 0 Å². The van der Waals surface area contributed by atoms with E-state index in [-0.39, 0.29) is 86.6 Å². The van der Waals surface area contributed by atoms with Crippen LogP contribution in [0.4, 0.5) is 0 Å². The molecule has 0 heterocycles. The molecule has 0 spiro atoms. The first-order chi connectivity index (χ1) is 4.00. The Morgan fingerprint density at radius 1 is 0.667 bits per heavy atom. The van der Waals surface area contributed by atoms with E-state index in [1.54, 1.807) is 0 Å². The van der Waals surface area contributed by atoms with Gasteiger partial charge in [-0.15, -0.1) is 0 Å². The molecule has 12 heavy (non-hydrogen) atoms. The van der Waals surface area contributed by atoms with Crippen molar-refractivity contribution in [1.29, 1.82) is 0 Å². The normalized spacial score (nSPS) is 9.67. The summed E-state index contributed by atoms with van der Waals surface area (Å²) in [5.41, 5.74) is 0. The van der Waals surface area contributed by atoms with Crippen LogP contribution < -0.4 is 16.8 Å². The van der Waals surface area contributed by atoms with Crippen LogP contribution >= 0.6 is 0 Å². The summed E-state index contributed by atoms with van der Waals surface area (Å²) in [4.78, 5) is 0. The van der Waals surface area contributed by atoms with Gasteiger partial charge in [0, 0.05) is 0 Å². The average Bonchev–Trinajstić information content (AvgIpc) is 1.12. The predicted octanol–water partition coefficient (Wildman–Crippen LogP) is -6.00. The van der Waals surface area contributed by atoms with E-state index in [0.717, 1.165) is 0 Å². The molecule has 0 saturated carbocycles. The monoisotopic (exact) mass is 416 g/mol. The molecule has 0 aliphatic carbocycles. The van der Waals surface area contributed by atoms with E-state index in [0.29, 0.717) is 0 Å². The van der Waals surface area contributed by atoms with Crippen molar-refractivity contribution in [2.45, 2.75) is 0 Å². The molecule has 0 amide bonds. The second-order valence-electron chi connectivity index (χ2n) is 0.756. The van der Waals surface area contributed by atoms with Gasteiger partial charge in [0.2, 0.25) is 0 Å². The molecular formula is BaCaMn2O8. The van der Waals surface area contributed by atoms with Gasteiger partial charge < -0.3 is 0 Å². The molecule has 0 atom stereocenters. The molecule has 0 unspecified atom stereocenters. The SMILES string of the molecule is [Ba+2].[Ca+2].[O]=[Mn](=[O])([O-])[O-].[O]=[Mn](=[O])([O-])[O-]. The average molecular weight is 415 g/mol. The third-order valence-electron chi connectivity index (χ3n) is 0. The molecule has 0 bridgehead atoms. The van der Waals surface area contributed by atoms with Gasteiger partial charge in [0.15, 0.2) is 0 Å². The van der Waals surface area contributed by atoms with Crippen molar-refractivity contribution < 1.29 is 58.8 Å². The fourth-order valence-electron chi connectivity index (χ4n) is 0. The van der Waals surface area contributed by atoms with Crippen LogP contribution in [0, 0.1) is 0 Å². The Balaban J connectivity index is -0.0000000457. The van der Waals surface area contributed by atoms with E-state index >= 15 is 0 Å². The fourth-order valence-corrected chi connectivity index (χ4v) is 0. The van der Waals surface area contributed by atoms with Crippen molar-refractivity contribution in [1.82, 2.24) is 0 Å². The van der Waals surface area contributed by atoms with Crippen LogP contribution in [0.5, 0.6) is 0 Å². The number of hydrogen-bond acceptors (Lipinski definition) is 8. The summed E-state index contributed by atoms with van der Waals surface area (Å²) >= 11 is -11.2. The van der Waals surface area contributed by atoms with Gasteiger partial charge in [0.1, 0.15) is 0 Å². The Kier molecular flexibility index (Phi) is 21.1. The van der Waals surface area contributed by atoms with Gasteiger partial charge in [0.25, 0.3) is 0 Å². The van der Waals surface area contributed by atoms with Crippen LogP contribution in [0.3, 0.4) is 0 Å². The summed E-state index contributed by atoms with van der Waals surface area (Å²) in [6.07, 6.45) is 0. The maximum atomic E-state index is 8.58. The Morgan fingerprint density at radius 3 is 0.667 bits per heavy atom. The Hall–Kier alpha value is 2.91. The zero-order chi connectivity index (χ0) is 9.00. The quantitative estimate of drug-likeness (QED) is 0.353. The standard InChI is InChI=1S/Ba.Ca.2Mn.8O/q2*+2;;;;;;;4*-1. The number of rotatable bonds is 0. The van der Waals surface area contributed by atoms with Gasteiger partial charge >= 0.3 is 145 Å². The van der Waals surface area contributed by atoms with Gasteiger partial charge in [-0.25, -0.2) is 0 Å². The molecular weight excluding hydrogens is 415 g/mol.